The summed E-state index contributed by atoms with van der Waals surface area (Å²) in [5.74, 6) is 2.84. The number of aryl methyl sites for hydroxylation is 1. The highest BCUT2D eigenvalue weighted by Crippen LogP contribution is 2.58. The first-order chi connectivity index (χ1) is 25.6. The van der Waals surface area contributed by atoms with E-state index in [4.69, 9.17) is 30.5 Å². The summed E-state index contributed by atoms with van der Waals surface area (Å²) in [6.07, 6.45) is 10.4. The van der Waals surface area contributed by atoms with Crippen molar-refractivity contribution in [3.05, 3.63) is 76.1 Å². The Hall–Kier alpha value is -3.53. The predicted octanol–water partition coefficient (Wildman–Crippen LogP) is 8.31. The highest BCUT2D eigenvalue weighted by atomic mass is 35.5. The van der Waals surface area contributed by atoms with Gasteiger partial charge in [0, 0.05) is 54.8 Å². The average Bonchev–Trinajstić information content (AvgIpc) is 3.26. The van der Waals surface area contributed by atoms with Gasteiger partial charge in [-0.15, -0.1) is 0 Å². The molecule has 0 unspecified atom stereocenters. The Bertz CT molecular complexity index is 1760. The van der Waals surface area contributed by atoms with Gasteiger partial charge in [0.1, 0.15) is 17.4 Å². The average molecular weight is 746 g/mol. The van der Waals surface area contributed by atoms with E-state index in [1.54, 1.807) is 7.11 Å². The van der Waals surface area contributed by atoms with Gasteiger partial charge in [-0.05, 0) is 136 Å². The molecule has 4 atom stereocenters. The van der Waals surface area contributed by atoms with Crippen LogP contribution in [0.15, 0.2) is 48.7 Å². The van der Waals surface area contributed by atoms with E-state index >= 15 is 0 Å². The molecule has 7 rings (SSSR count). The number of aromatic nitrogens is 1. The fourth-order valence-corrected chi connectivity index (χ4v) is 9.86. The largest absolute Gasteiger partial charge is 0.493 e. The van der Waals surface area contributed by atoms with Crippen LogP contribution in [0.2, 0.25) is 5.02 Å². The number of anilines is 1. The van der Waals surface area contributed by atoms with Crippen molar-refractivity contribution >= 4 is 23.3 Å². The Morgan fingerprint density at radius 2 is 1.98 bits per heavy atom. The third-order valence-electron chi connectivity index (χ3n) is 12.5. The van der Waals surface area contributed by atoms with E-state index in [-0.39, 0.29) is 11.5 Å². The smallest absolute Gasteiger partial charge is 0.329 e. The number of nitrogens with zero attached hydrogens (tertiary/aromatic N) is 2. The molecule has 1 saturated carbocycles. The van der Waals surface area contributed by atoms with Crippen molar-refractivity contribution in [2.24, 2.45) is 11.8 Å². The lowest BCUT2D eigenvalue weighted by atomic mass is 9.59. The number of carboxylic acids is 1. The lowest BCUT2D eigenvalue weighted by molar-refractivity contribution is -0.144. The van der Waals surface area contributed by atoms with Crippen LogP contribution in [0.1, 0.15) is 93.5 Å². The number of likely N-dealkylation sites (N-methyl/N-ethyl adjacent to an activating group) is 1. The van der Waals surface area contributed by atoms with Crippen molar-refractivity contribution in [3.8, 4) is 17.2 Å². The molecule has 9 nitrogen and oxygen atoms in total. The summed E-state index contributed by atoms with van der Waals surface area (Å²) in [6.45, 7) is 8.10. The van der Waals surface area contributed by atoms with E-state index in [0.29, 0.717) is 55.4 Å². The van der Waals surface area contributed by atoms with Crippen molar-refractivity contribution in [1.82, 2.24) is 9.88 Å². The monoisotopic (exact) mass is 745 g/mol. The van der Waals surface area contributed by atoms with Gasteiger partial charge in [-0.2, -0.15) is 0 Å². The quantitative estimate of drug-likeness (QED) is 0.179. The maximum absolute atomic E-state index is 13.1. The Morgan fingerprint density at radius 1 is 1.15 bits per heavy atom. The number of methoxy groups -OCH3 is 1. The lowest BCUT2D eigenvalue weighted by Crippen LogP contribution is -2.53. The topological polar surface area (TPSA) is 102 Å². The van der Waals surface area contributed by atoms with Crippen LogP contribution in [0.5, 0.6) is 17.2 Å². The number of fused-ring (bicyclic) bond motifs is 4. The number of rotatable bonds is 13. The van der Waals surface area contributed by atoms with Gasteiger partial charge >= 0.3 is 5.97 Å². The van der Waals surface area contributed by atoms with Crippen molar-refractivity contribution in [1.29, 1.82) is 0 Å². The van der Waals surface area contributed by atoms with E-state index in [0.717, 1.165) is 74.6 Å². The number of benzene rings is 2. The molecule has 2 aromatic carbocycles. The third-order valence-corrected chi connectivity index (χ3v) is 12.8. The Morgan fingerprint density at radius 3 is 2.75 bits per heavy atom. The van der Waals surface area contributed by atoms with E-state index in [1.807, 2.05) is 36.5 Å². The number of hydrogen-bond donors (Lipinski definition) is 2. The summed E-state index contributed by atoms with van der Waals surface area (Å²) in [4.78, 5) is 20.0. The zero-order chi connectivity index (χ0) is 37.2. The zero-order valence-corrected chi connectivity index (χ0v) is 32.6. The van der Waals surface area contributed by atoms with Crippen molar-refractivity contribution in [2.75, 3.05) is 52.4 Å². The molecule has 10 heteroatoms. The maximum Gasteiger partial charge on any atom is 0.329 e. The molecule has 0 saturated heterocycles. The number of carbonyl (C=O) groups is 1. The first kappa shape index (κ1) is 37.8. The molecule has 2 heterocycles. The predicted molar refractivity (Wildman–Crippen MR) is 208 cm³/mol. The van der Waals surface area contributed by atoms with Crippen LogP contribution in [0.4, 0.5) is 5.69 Å². The highest BCUT2D eigenvalue weighted by Gasteiger charge is 2.54. The minimum Gasteiger partial charge on any atom is -0.493 e. The van der Waals surface area contributed by atoms with Gasteiger partial charge in [-0.1, -0.05) is 31.5 Å². The summed E-state index contributed by atoms with van der Waals surface area (Å²) in [6, 6.07) is 13.9. The molecule has 3 aromatic rings. The first-order valence-corrected chi connectivity index (χ1v) is 20.0. The van der Waals surface area contributed by atoms with E-state index in [2.05, 4.69) is 48.2 Å². The molecule has 2 N–H and O–H groups in total. The molecule has 3 aliphatic carbocycles. The second kappa shape index (κ2) is 16.1. The fourth-order valence-electron chi connectivity index (χ4n) is 9.67. The molecular weight excluding hydrogens is 690 g/mol. The van der Waals surface area contributed by atoms with Crippen LogP contribution in [-0.2, 0) is 27.8 Å². The summed E-state index contributed by atoms with van der Waals surface area (Å²) in [7, 11) is 3.82. The van der Waals surface area contributed by atoms with Gasteiger partial charge in [0.15, 0.2) is 11.5 Å². The molecule has 286 valence electrons. The standard InChI is InChI=1S/C43H56ClN3O6/c1-28(27-52-37-11-17-45-36-10-5-7-29(2)40(36)37)21-31-22-30-23-38-39(53-34(12-19-51-38)26-47(3)18-20-50-4)25-35(30)42(31)13-15-43(16-14-42,41(48)49)46-33-9-6-8-32(44)24-33/h6,8-9,11,17,23-25,28-29,31,34,46H,5,7,10,12-16,18-22,26-27H2,1-4H3,(H,48,49)/t28-,29-,31+,34-,42?,43?/m1/s1. The fraction of sp³-hybridized carbons (Fsp3) is 0.581. The molecule has 1 aromatic heterocycles. The van der Waals surface area contributed by atoms with Crippen LogP contribution in [0.25, 0.3) is 0 Å². The zero-order valence-electron chi connectivity index (χ0n) is 31.8. The Kier molecular flexibility index (Phi) is 11.4. The second-order valence-electron chi connectivity index (χ2n) is 16.3. The molecule has 1 aliphatic heterocycles. The van der Waals surface area contributed by atoms with Gasteiger partial charge < -0.3 is 34.3 Å². The Labute approximate surface area is 319 Å². The normalized spacial score (nSPS) is 26.8. The maximum atomic E-state index is 13.1. The minimum atomic E-state index is -1.09. The van der Waals surface area contributed by atoms with Crippen molar-refractivity contribution in [3.63, 3.8) is 0 Å². The van der Waals surface area contributed by atoms with E-state index < -0.39 is 11.5 Å². The van der Waals surface area contributed by atoms with Crippen molar-refractivity contribution in [2.45, 2.75) is 101 Å². The molecule has 1 spiro atoms. The van der Waals surface area contributed by atoms with Gasteiger partial charge in [-0.25, -0.2) is 4.79 Å². The van der Waals surface area contributed by atoms with Gasteiger partial charge in [0.25, 0.3) is 0 Å². The first-order valence-electron chi connectivity index (χ1n) is 19.6. The Balaban J connectivity index is 1.15. The summed E-state index contributed by atoms with van der Waals surface area (Å²) < 4.78 is 25.0. The number of hydrogen-bond acceptors (Lipinski definition) is 8. The third kappa shape index (κ3) is 7.99. The SMILES string of the molecule is COCCN(C)C[C@H]1CCOc2cc3c(cc2O1)C1(CCC(Nc2cccc(Cl)c2)(C(=O)O)CC1)[C@@H](C[C@@H](C)COc1ccnc2c1[C@H](C)CCC2)C3. The van der Waals surface area contributed by atoms with Crippen LogP contribution in [0.3, 0.4) is 0 Å². The molecule has 0 amide bonds. The van der Waals surface area contributed by atoms with E-state index in [9.17, 15) is 9.90 Å². The van der Waals surface area contributed by atoms with Gasteiger partial charge in [0.05, 0.1) is 19.8 Å². The molecule has 53 heavy (non-hydrogen) atoms. The molecule has 0 radical (unpaired) electrons. The highest BCUT2D eigenvalue weighted by molar-refractivity contribution is 6.30. The van der Waals surface area contributed by atoms with E-state index in [1.165, 1.54) is 35.2 Å². The van der Waals surface area contributed by atoms with Crippen molar-refractivity contribution < 1.29 is 28.8 Å². The summed E-state index contributed by atoms with van der Waals surface area (Å²) in [5, 5.41) is 14.7. The molecule has 4 aliphatic rings. The summed E-state index contributed by atoms with van der Waals surface area (Å²) in [5.41, 5.74) is 4.51. The van der Waals surface area contributed by atoms with Gasteiger partial charge in [-0.3, -0.25) is 4.98 Å². The number of halogens is 1. The number of ether oxygens (including phenoxy) is 4. The number of carboxylic acid groups (broad SMARTS) is 1. The van der Waals surface area contributed by atoms with Crippen LogP contribution < -0.4 is 19.5 Å². The molecular formula is C43H56ClN3O6. The lowest BCUT2D eigenvalue weighted by Gasteiger charge is -2.47. The summed E-state index contributed by atoms with van der Waals surface area (Å²) >= 11 is 6.32. The van der Waals surface area contributed by atoms with Crippen LogP contribution >= 0.6 is 11.6 Å². The van der Waals surface area contributed by atoms with Crippen LogP contribution in [-0.4, -0.2) is 79.7 Å². The number of aliphatic carboxylic acids is 1. The number of nitrogens with one attached hydrogen (secondary N) is 1. The number of pyridine rings is 1. The minimum absolute atomic E-state index is 0.00367. The van der Waals surface area contributed by atoms with Crippen LogP contribution in [0, 0.1) is 11.8 Å². The second-order valence-corrected chi connectivity index (χ2v) is 16.7. The molecule has 1 fully saturated rings. The molecule has 0 bridgehead atoms. The van der Waals surface area contributed by atoms with Gasteiger partial charge in [0.2, 0.25) is 0 Å².